The lowest BCUT2D eigenvalue weighted by molar-refractivity contribution is 0.414. The number of rotatable bonds is 4. The maximum Gasteiger partial charge on any atom is 0.226 e. The van der Waals surface area contributed by atoms with Crippen LogP contribution in [0, 0.1) is 0 Å². The van der Waals surface area contributed by atoms with Crippen molar-refractivity contribution in [3.63, 3.8) is 0 Å². The van der Waals surface area contributed by atoms with E-state index in [2.05, 4.69) is 0 Å². The zero-order chi connectivity index (χ0) is 13.8. The third-order valence-corrected chi connectivity index (χ3v) is 3.81. The van der Waals surface area contributed by atoms with E-state index in [1.807, 2.05) is 0 Å². The highest BCUT2D eigenvalue weighted by Gasteiger charge is 2.09. The summed E-state index contributed by atoms with van der Waals surface area (Å²) in [7, 11) is 0.223. The first-order valence-electron chi connectivity index (χ1n) is 5.43. The highest BCUT2D eigenvalue weighted by molar-refractivity contribution is 7.84. The fourth-order valence-corrected chi connectivity index (χ4v) is 2.48. The minimum absolute atomic E-state index is 0.0713. The van der Waals surface area contributed by atoms with Crippen molar-refractivity contribution >= 4 is 10.8 Å². The Balaban J connectivity index is 2.15. The van der Waals surface area contributed by atoms with E-state index in [0.29, 0.717) is 10.6 Å². The van der Waals surface area contributed by atoms with Gasteiger partial charge in [0.25, 0.3) is 0 Å². The van der Waals surface area contributed by atoms with E-state index in [9.17, 15) is 9.00 Å². The minimum Gasteiger partial charge on any atom is -0.502 e. The molecule has 1 aromatic carbocycles. The SMILES string of the molecule is COc1ccc(S(=O)Cc2cc(=O)c(O)co2)cc1. The van der Waals surface area contributed by atoms with Crippen LogP contribution in [0.1, 0.15) is 5.76 Å². The molecule has 1 N–H and O–H groups in total. The molecule has 0 bridgehead atoms. The average Bonchev–Trinajstić information content (AvgIpc) is 2.43. The number of aromatic hydroxyl groups is 1. The third kappa shape index (κ3) is 3.23. The van der Waals surface area contributed by atoms with Gasteiger partial charge < -0.3 is 14.3 Å². The molecule has 0 fully saturated rings. The van der Waals surface area contributed by atoms with Crippen LogP contribution in [0.15, 0.2) is 50.7 Å². The fraction of sp³-hybridized carbons (Fsp3) is 0.154. The molecule has 0 radical (unpaired) electrons. The van der Waals surface area contributed by atoms with E-state index >= 15 is 0 Å². The Bertz CT molecular complexity index is 645. The van der Waals surface area contributed by atoms with Crippen LogP contribution in [-0.2, 0) is 16.6 Å². The van der Waals surface area contributed by atoms with Crippen LogP contribution in [-0.4, -0.2) is 16.4 Å². The van der Waals surface area contributed by atoms with Gasteiger partial charge >= 0.3 is 0 Å². The maximum atomic E-state index is 12.1. The Hall–Kier alpha value is -2.08. The van der Waals surface area contributed by atoms with E-state index in [1.165, 1.54) is 0 Å². The molecule has 5 nitrogen and oxygen atoms in total. The topological polar surface area (TPSA) is 76.7 Å². The minimum atomic E-state index is -1.33. The van der Waals surface area contributed by atoms with Crippen molar-refractivity contribution in [2.45, 2.75) is 10.6 Å². The molecule has 0 aliphatic carbocycles. The standard InChI is InChI=1S/C13H12O5S/c1-17-9-2-4-11(5-3-9)19(16)8-10-6-12(14)13(15)7-18-10/h2-7,15H,8H2,1H3. The van der Waals surface area contributed by atoms with Crippen LogP contribution in [0.25, 0.3) is 0 Å². The first kappa shape index (κ1) is 13.4. The summed E-state index contributed by atoms with van der Waals surface area (Å²) in [5, 5.41) is 9.06. The average molecular weight is 280 g/mol. The Labute approximate surface area is 111 Å². The predicted octanol–water partition coefficient (Wildman–Crippen LogP) is 1.66. The van der Waals surface area contributed by atoms with Crippen molar-refractivity contribution in [2.75, 3.05) is 7.11 Å². The highest BCUT2D eigenvalue weighted by atomic mass is 32.2. The fourth-order valence-electron chi connectivity index (χ4n) is 1.46. The Morgan fingerprint density at radius 1 is 1.32 bits per heavy atom. The molecule has 100 valence electrons. The normalized spacial score (nSPS) is 12.1. The van der Waals surface area contributed by atoms with Crippen LogP contribution in [0.2, 0.25) is 0 Å². The van der Waals surface area contributed by atoms with Crippen molar-refractivity contribution in [1.82, 2.24) is 0 Å². The second-order valence-corrected chi connectivity index (χ2v) is 5.21. The number of hydrogen-bond donors (Lipinski definition) is 1. The first-order chi connectivity index (χ1) is 9.10. The molecule has 1 heterocycles. The lowest BCUT2D eigenvalue weighted by Crippen LogP contribution is -2.03. The zero-order valence-electron chi connectivity index (χ0n) is 10.2. The molecule has 19 heavy (non-hydrogen) atoms. The third-order valence-electron chi connectivity index (χ3n) is 2.46. The molecule has 1 unspecified atom stereocenters. The van der Waals surface area contributed by atoms with Gasteiger partial charge in [-0.2, -0.15) is 0 Å². The zero-order valence-corrected chi connectivity index (χ0v) is 11.0. The molecule has 0 saturated heterocycles. The molecule has 0 saturated carbocycles. The lowest BCUT2D eigenvalue weighted by atomic mass is 10.3. The van der Waals surface area contributed by atoms with Gasteiger partial charge in [0, 0.05) is 11.0 Å². The van der Waals surface area contributed by atoms with E-state index < -0.39 is 22.0 Å². The van der Waals surface area contributed by atoms with Crippen molar-refractivity contribution in [2.24, 2.45) is 0 Å². The predicted molar refractivity (Wildman–Crippen MR) is 69.7 cm³/mol. The van der Waals surface area contributed by atoms with Crippen LogP contribution in [0.4, 0.5) is 0 Å². The summed E-state index contributed by atoms with van der Waals surface area (Å²) in [6.45, 7) is 0. The molecule has 2 aromatic rings. The molecular weight excluding hydrogens is 268 g/mol. The van der Waals surface area contributed by atoms with E-state index in [-0.39, 0.29) is 11.5 Å². The number of hydrogen-bond acceptors (Lipinski definition) is 5. The van der Waals surface area contributed by atoms with Crippen LogP contribution < -0.4 is 10.2 Å². The Morgan fingerprint density at radius 2 is 2.00 bits per heavy atom. The Kier molecular flexibility index (Phi) is 4.01. The summed E-state index contributed by atoms with van der Waals surface area (Å²) in [6.07, 6.45) is 0.947. The summed E-state index contributed by atoms with van der Waals surface area (Å²) in [4.78, 5) is 11.8. The molecule has 0 spiro atoms. The van der Waals surface area contributed by atoms with Gasteiger partial charge in [0.2, 0.25) is 5.43 Å². The number of benzene rings is 1. The first-order valence-corrected chi connectivity index (χ1v) is 6.75. The number of ether oxygens (including phenoxy) is 1. The molecule has 1 atom stereocenters. The van der Waals surface area contributed by atoms with Gasteiger partial charge in [-0.15, -0.1) is 0 Å². The van der Waals surface area contributed by atoms with Crippen LogP contribution >= 0.6 is 0 Å². The molecule has 6 heteroatoms. The van der Waals surface area contributed by atoms with Crippen molar-refractivity contribution in [1.29, 1.82) is 0 Å². The summed E-state index contributed by atoms with van der Waals surface area (Å²) in [6, 6.07) is 7.93. The summed E-state index contributed by atoms with van der Waals surface area (Å²) < 4.78 is 22.1. The molecule has 0 aliphatic rings. The second kappa shape index (κ2) is 5.71. The van der Waals surface area contributed by atoms with Gasteiger partial charge in [0.05, 0.1) is 23.7 Å². The second-order valence-electron chi connectivity index (χ2n) is 3.76. The van der Waals surface area contributed by atoms with Gasteiger partial charge in [-0.25, -0.2) is 0 Å². The van der Waals surface area contributed by atoms with Gasteiger partial charge in [0.1, 0.15) is 17.8 Å². The molecule has 0 amide bonds. The maximum absolute atomic E-state index is 12.1. The summed E-state index contributed by atoms with van der Waals surface area (Å²) in [5.41, 5.74) is -0.548. The summed E-state index contributed by atoms with van der Waals surface area (Å²) >= 11 is 0. The molecule has 2 rings (SSSR count). The van der Waals surface area contributed by atoms with Crippen LogP contribution in [0.5, 0.6) is 11.5 Å². The van der Waals surface area contributed by atoms with E-state index in [1.54, 1.807) is 31.4 Å². The molecule has 0 aliphatic heterocycles. The van der Waals surface area contributed by atoms with Gasteiger partial charge in [-0.05, 0) is 24.3 Å². The quantitative estimate of drug-likeness (QED) is 0.921. The van der Waals surface area contributed by atoms with Gasteiger partial charge in [-0.3, -0.25) is 9.00 Å². The lowest BCUT2D eigenvalue weighted by Gasteiger charge is -2.03. The number of methoxy groups -OCH3 is 1. The smallest absolute Gasteiger partial charge is 0.226 e. The van der Waals surface area contributed by atoms with E-state index in [0.717, 1.165) is 12.3 Å². The van der Waals surface area contributed by atoms with Gasteiger partial charge in [0.15, 0.2) is 5.75 Å². The summed E-state index contributed by atoms with van der Waals surface area (Å²) in [5.74, 6) is 0.551. The van der Waals surface area contributed by atoms with E-state index in [4.69, 9.17) is 14.3 Å². The monoisotopic (exact) mass is 280 g/mol. The van der Waals surface area contributed by atoms with Crippen molar-refractivity contribution in [3.8, 4) is 11.5 Å². The molecule has 1 aromatic heterocycles. The highest BCUT2D eigenvalue weighted by Crippen LogP contribution is 2.17. The van der Waals surface area contributed by atoms with Crippen molar-refractivity contribution in [3.05, 3.63) is 52.6 Å². The van der Waals surface area contributed by atoms with Crippen LogP contribution in [0.3, 0.4) is 0 Å². The largest absolute Gasteiger partial charge is 0.502 e. The molecular formula is C13H12O5S. The van der Waals surface area contributed by atoms with Crippen molar-refractivity contribution < 1.29 is 18.5 Å². The Morgan fingerprint density at radius 3 is 2.58 bits per heavy atom. The van der Waals surface area contributed by atoms with Gasteiger partial charge in [-0.1, -0.05) is 0 Å².